The van der Waals surface area contributed by atoms with E-state index < -0.39 is 0 Å². The molecule has 1 heterocycles. The van der Waals surface area contributed by atoms with Gasteiger partial charge in [-0.3, -0.25) is 9.59 Å². The maximum atomic E-state index is 12.4. The summed E-state index contributed by atoms with van der Waals surface area (Å²) < 4.78 is 0. The van der Waals surface area contributed by atoms with Crippen LogP contribution in [0.3, 0.4) is 0 Å². The molecule has 0 radical (unpaired) electrons. The largest absolute Gasteiger partial charge is 0.355 e. The van der Waals surface area contributed by atoms with Crippen molar-refractivity contribution in [2.24, 2.45) is 0 Å². The number of carbonyl (C=O) groups is 2. The van der Waals surface area contributed by atoms with Gasteiger partial charge in [0.05, 0.1) is 0 Å². The molecule has 0 saturated carbocycles. The smallest absolute Gasteiger partial charge is 0.254 e. The third-order valence-corrected chi connectivity index (χ3v) is 3.36. The Morgan fingerprint density at radius 3 is 2.70 bits per heavy atom. The Morgan fingerprint density at radius 2 is 2.05 bits per heavy atom. The molecule has 0 unspecified atom stereocenters. The molecule has 2 rings (SSSR count). The highest BCUT2D eigenvalue weighted by Gasteiger charge is 2.24. The van der Waals surface area contributed by atoms with Crippen molar-refractivity contribution in [2.45, 2.75) is 13.0 Å². The zero-order valence-corrected chi connectivity index (χ0v) is 12.5. The Kier molecular flexibility index (Phi) is 5.98. The van der Waals surface area contributed by atoms with Crippen molar-refractivity contribution in [3.05, 3.63) is 35.4 Å². The van der Waals surface area contributed by atoms with Gasteiger partial charge in [-0.1, -0.05) is 6.07 Å². The number of halogens is 1. The number of carbonyl (C=O) groups excluding carboxylic acids is 2. The predicted octanol–water partition coefficient (Wildman–Crippen LogP) is 0.902. The predicted molar refractivity (Wildman–Crippen MR) is 80.4 cm³/mol. The van der Waals surface area contributed by atoms with Crippen LogP contribution in [0.15, 0.2) is 24.3 Å². The number of nitrogens with one attached hydrogen (secondary N) is 2. The van der Waals surface area contributed by atoms with Crippen LogP contribution < -0.4 is 10.6 Å². The summed E-state index contributed by atoms with van der Waals surface area (Å²) in [6.45, 7) is 4.34. The van der Waals surface area contributed by atoms with Crippen LogP contribution in [0.5, 0.6) is 0 Å². The van der Waals surface area contributed by atoms with Crippen molar-refractivity contribution < 1.29 is 9.59 Å². The molecule has 5 nitrogen and oxygen atoms in total. The number of amides is 2. The van der Waals surface area contributed by atoms with E-state index in [0.29, 0.717) is 17.7 Å². The number of hydrogen-bond acceptors (Lipinski definition) is 3. The standard InChI is InChI=1S/C14H19N3O2.ClH/c1-10-9-16-6-7-17(10)14(19)12-5-3-4-11(8-12)13(18)15-2;/h3-5,8,10,16H,6-7,9H2,1-2H3,(H,15,18);1H/t10-;/m1./s1. The first-order chi connectivity index (χ1) is 9.13. The van der Waals surface area contributed by atoms with Gasteiger partial charge in [0.1, 0.15) is 0 Å². The molecule has 1 saturated heterocycles. The lowest BCUT2D eigenvalue weighted by Crippen LogP contribution is -2.52. The summed E-state index contributed by atoms with van der Waals surface area (Å²) in [5, 5.41) is 5.81. The molecule has 1 aromatic carbocycles. The van der Waals surface area contributed by atoms with Gasteiger partial charge in [-0.25, -0.2) is 0 Å². The quantitative estimate of drug-likeness (QED) is 0.853. The van der Waals surface area contributed by atoms with E-state index in [4.69, 9.17) is 0 Å². The fourth-order valence-electron chi connectivity index (χ4n) is 2.25. The van der Waals surface area contributed by atoms with Crippen LogP contribution >= 0.6 is 12.4 Å². The average molecular weight is 298 g/mol. The Balaban J connectivity index is 0.00000200. The second-order valence-electron chi connectivity index (χ2n) is 4.71. The van der Waals surface area contributed by atoms with Crippen molar-refractivity contribution in [3.8, 4) is 0 Å². The first-order valence-electron chi connectivity index (χ1n) is 6.47. The van der Waals surface area contributed by atoms with Gasteiger partial charge >= 0.3 is 0 Å². The summed E-state index contributed by atoms with van der Waals surface area (Å²) in [6.07, 6.45) is 0. The molecule has 2 N–H and O–H groups in total. The third-order valence-electron chi connectivity index (χ3n) is 3.36. The Hall–Kier alpha value is -1.59. The number of rotatable bonds is 2. The first kappa shape index (κ1) is 16.5. The van der Waals surface area contributed by atoms with Gasteiger partial charge in [0.2, 0.25) is 0 Å². The van der Waals surface area contributed by atoms with Gasteiger partial charge in [0, 0.05) is 43.9 Å². The third kappa shape index (κ3) is 3.49. The van der Waals surface area contributed by atoms with E-state index in [1.54, 1.807) is 31.3 Å². The monoisotopic (exact) mass is 297 g/mol. The van der Waals surface area contributed by atoms with E-state index >= 15 is 0 Å². The Bertz CT molecular complexity index is 493. The minimum atomic E-state index is -0.178. The summed E-state index contributed by atoms with van der Waals surface area (Å²) in [4.78, 5) is 25.9. The summed E-state index contributed by atoms with van der Waals surface area (Å²) >= 11 is 0. The molecule has 20 heavy (non-hydrogen) atoms. The highest BCUT2D eigenvalue weighted by atomic mass is 35.5. The number of piperazine rings is 1. The van der Waals surface area contributed by atoms with Crippen LogP contribution in [0.25, 0.3) is 0 Å². The van der Waals surface area contributed by atoms with Gasteiger partial charge in [0.25, 0.3) is 11.8 Å². The van der Waals surface area contributed by atoms with E-state index in [2.05, 4.69) is 10.6 Å². The maximum absolute atomic E-state index is 12.4. The average Bonchev–Trinajstić information content (AvgIpc) is 2.46. The van der Waals surface area contributed by atoms with Crippen LogP contribution in [0.1, 0.15) is 27.6 Å². The second kappa shape index (κ2) is 7.26. The highest BCUT2D eigenvalue weighted by Crippen LogP contribution is 2.12. The van der Waals surface area contributed by atoms with Crippen molar-refractivity contribution in [1.82, 2.24) is 15.5 Å². The zero-order valence-electron chi connectivity index (χ0n) is 11.7. The van der Waals surface area contributed by atoms with E-state index in [-0.39, 0.29) is 30.3 Å². The lowest BCUT2D eigenvalue weighted by Gasteiger charge is -2.34. The van der Waals surface area contributed by atoms with Gasteiger partial charge in [0.15, 0.2) is 0 Å². The molecule has 1 aromatic rings. The van der Waals surface area contributed by atoms with Crippen molar-refractivity contribution in [2.75, 3.05) is 26.7 Å². The second-order valence-corrected chi connectivity index (χ2v) is 4.71. The molecule has 0 spiro atoms. The van der Waals surface area contributed by atoms with Crippen molar-refractivity contribution in [3.63, 3.8) is 0 Å². The molecule has 0 aliphatic carbocycles. The summed E-state index contributed by atoms with van der Waals surface area (Å²) in [5.41, 5.74) is 1.07. The first-order valence-corrected chi connectivity index (χ1v) is 6.47. The fraction of sp³-hybridized carbons (Fsp3) is 0.429. The van der Waals surface area contributed by atoms with Crippen molar-refractivity contribution in [1.29, 1.82) is 0 Å². The molecule has 0 aromatic heterocycles. The molecule has 6 heteroatoms. The van der Waals surface area contributed by atoms with Gasteiger partial charge in [-0.15, -0.1) is 12.4 Å². The summed E-state index contributed by atoms with van der Waals surface area (Å²) in [7, 11) is 1.58. The van der Waals surface area contributed by atoms with Crippen LogP contribution in [0.4, 0.5) is 0 Å². The fourth-order valence-corrected chi connectivity index (χ4v) is 2.25. The van der Waals surface area contributed by atoms with E-state index in [9.17, 15) is 9.59 Å². The topological polar surface area (TPSA) is 61.4 Å². The molecular formula is C14H20ClN3O2. The lowest BCUT2D eigenvalue weighted by molar-refractivity contribution is 0.0656. The van der Waals surface area contributed by atoms with E-state index in [1.165, 1.54) is 0 Å². The lowest BCUT2D eigenvalue weighted by atomic mass is 10.1. The number of benzene rings is 1. The molecule has 1 aliphatic heterocycles. The zero-order chi connectivity index (χ0) is 13.8. The minimum absolute atomic E-state index is 0. The molecule has 110 valence electrons. The van der Waals surface area contributed by atoms with Crippen LogP contribution in [-0.2, 0) is 0 Å². The minimum Gasteiger partial charge on any atom is -0.355 e. The summed E-state index contributed by atoms with van der Waals surface area (Å²) in [5.74, 6) is -0.192. The Morgan fingerprint density at radius 1 is 1.35 bits per heavy atom. The number of nitrogens with zero attached hydrogens (tertiary/aromatic N) is 1. The number of hydrogen-bond donors (Lipinski definition) is 2. The molecular weight excluding hydrogens is 278 g/mol. The Labute approximate surface area is 125 Å². The molecule has 0 bridgehead atoms. The van der Waals surface area contributed by atoms with Crippen LogP contribution in [0.2, 0.25) is 0 Å². The van der Waals surface area contributed by atoms with Crippen LogP contribution in [-0.4, -0.2) is 49.4 Å². The molecule has 1 aliphatic rings. The normalized spacial score (nSPS) is 18.1. The van der Waals surface area contributed by atoms with Gasteiger partial charge < -0.3 is 15.5 Å². The molecule has 1 atom stereocenters. The van der Waals surface area contributed by atoms with Crippen molar-refractivity contribution >= 4 is 24.2 Å². The highest BCUT2D eigenvalue weighted by molar-refractivity contribution is 5.99. The SMILES string of the molecule is CNC(=O)c1cccc(C(=O)N2CCNC[C@H]2C)c1.Cl. The summed E-state index contributed by atoms with van der Waals surface area (Å²) in [6, 6.07) is 7.02. The molecule has 1 fully saturated rings. The maximum Gasteiger partial charge on any atom is 0.254 e. The van der Waals surface area contributed by atoms with E-state index in [0.717, 1.165) is 13.1 Å². The van der Waals surface area contributed by atoms with Gasteiger partial charge in [-0.2, -0.15) is 0 Å². The molecule has 2 amide bonds. The van der Waals surface area contributed by atoms with Gasteiger partial charge in [-0.05, 0) is 25.1 Å². The van der Waals surface area contributed by atoms with Crippen LogP contribution in [0, 0.1) is 0 Å². The van der Waals surface area contributed by atoms with E-state index in [1.807, 2.05) is 11.8 Å².